The number of aromatic nitrogens is 3. The van der Waals surface area contributed by atoms with Crippen molar-refractivity contribution in [1.82, 2.24) is 15.4 Å². The van der Waals surface area contributed by atoms with Gasteiger partial charge in [-0.15, -0.1) is 5.10 Å². The van der Waals surface area contributed by atoms with E-state index in [0.717, 1.165) is 11.1 Å². The van der Waals surface area contributed by atoms with Gasteiger partial charge in [0.2, 0.25) is 5.88 Å². The molecule has 1 heterocycles. The van der Waals surface area contributed by atoms with Crippen molar-refractivity contribution in [3.8, 4) is 5.88 Å². The molecule has 1 aromatic heterocycles. The Bertz CT molecular complexity index is 483. The van der Waals surface area contributed by atoms with E-state index in [0.29, 0.717) is 5.88 Å². The van der Waals surface area contributed by atoms with Gasteiger partial charge in [0, 0.05) is 0 Å². The Morgan fingerprint density at radius 2 is 1.94 bits per heavy atom. The average molecular weight is 213 g/mol. The van der Waals surface area contributed by atoms with Gasteiger partial charge in [0.25, 0.3) is 0 Å². The van der Waals surface area contributed by atoms with Gasteiger partial charge in [0.15, 0.2) is 0 Å². The van der Waals surface area contributed by atoms with Crippen molar-refractivity contribution in [2.24, 2.45) is 0 Å². The van der Waals surface area contributed by atoms with Gasteiger partial charge in [-0.3, -0.25) is 0 Å². The predicted octanol–water partition coefficient (Wildman–Crippen LogP) is 2.05. The largest absolute Gasteiger partial charge is 0.479 e. The Morgan fingerprint density at radius 1 is 1.12 bits per heavy atom. The van der Waals surface area contributed by atoms with Crippen LogP contribution in [-0.2, 0) is 0 Å². The van der Waals surface area contributed by atoms with Gasteiger partial charge >= 0.3 is 0 Å². The standard InChI is InChI=1S/C12H11N3O/c1-16-12-11(9-13-15-14-12)8-7-10-5-3-2-4-6-10/h2-9H,1H3. The fourth-order valence-electron chi connectivity index (χ4n) is 1.29. The minimum Gasteiger partial charge on any atom is -0.479 e. The lowest BCUT2D eigenvalue weighted by Crippen LogP contribution is -1.95. The second-order valence-electron chi connectivity index (χ2n) is 3.14. The zero-order valence-corrected chi connectivity index (χ0v) is 8.87. The lowest BCUT2D eigenvalue weighted by molar-refractivity contribution is 0.387. The molecule has 0 saturated carbocycles. The van der Waals surface area contributed by atoms with Gasteiger partial charge in [-0.1, -0.05) is 41.5 Å². The first-order valence-electron chi connectivity index (χ1n) is 4.85. The molecule has 4 heteroatoms. The number of hydrogen-bond donors (Lipinski definition) is 0. The Morgan fingerprint density at radius 3 is 2.69 bits per heavy atom. The molecule has 0 amide bonds. The van der Waals surface area contributed by atoms with Crippen LogP contribution in [0, 0.1) is 0 Å². The third-order valence-electron chi connectivity index (χ3n) is 2.08. The van der Waals surface area contributed by atoms with Gasteiger partial charge < -0.3 is 4.74 Å². The molecular weight excluding hydrogens is 202 g/mol. The highest BCUT2D eigenvalue weighted by Crippen LogP contribution is 2.14. The molecule has 4 nitrogen and oxygen atoms in total. The average Bonchev–Trinajstić information content (AvgIpc) is 2.38. The first-order chi connectivity index (χ1) is 7.90. The van der Waals surface area contributed by atoms with Crippen molar-refractivity contribution in [3.05, 3.63) is 47.7 Å². The maximum Gasteiger partial charge on any atom is 0.243 e. The lowest BCUT2D eigenvalue weighted by Gasteiger charge is -1.99. The Balaban J connectivity index is 2.24. The molecule has 0 fully saturated rings. The Hall–Kier alpha value is -2.23. The molecule has 2 aromatic rings. The zero-order chi connectivity index (χ0) is 11.2. The Labute approximate surface area is 93.6 Å². The van der Waals surface area contributed by atoms with Crippen LogP contribution in [0.4, 0.5) is 0 Å². The quantitative estimate of drug-likeness (QED) is 0.782. The molecule has 0 aliphatic rings. The van der Waals surface area contributed by atoms with E-state index in [-0.39, 0.29) is 0 Å². The van der Waals surface area contributed by atoms with Crippen molar-refractivity contribution >= 4 is 12.2 Å². The molecule has 0 aliphatic carbocycles. The summed E-state index contributed by atoms with van der Waals surface area (Å²) in [5.74, 6) is 0.474. The smallest absolute Gasteiger partial charge is 0.243 e. The van der Waals surface area contributed by atoms with E-state index < -0.39 is 0 Å². The number of hydrogen-bond acceptors (Lipinski definition) is 4. The van der Waals surface area contributed by atoms with E-state index >= 15 is 0 Å². The molecule has 0 bridgehead atoms. The summed E-state index contributed by atoms with van der Waals surface area (Å²) in [6.45, 7) is 0. The molecule has 0 saturated heterocycles. The highest BCUT2D eigenvalue weighted by Gasteiger charge is 2.00. The summed E-state index contributed by atoms with van der Waals surface area (Å²) in [6, 6.07) is 9.99. The topological polar surface area (TPSA) is 47.9 Å². The van der Waals surface area contributed by atoms with Crippen molar-refractivity contribution in [2.45, 2.75) is 0 Å². The normalized spacial score (nSPS) is 10.6. The summed E-state index contributed by atoms with van der Waals surface area (Å²) >= 11 is 0. The number of ether oxygens (including phenoxy) is 1. The predicted molar refractivity (Wildman–Crippen MR) is 61.7 cm³/mol. The number of rotatable bonds is 3. The molecule has 0 unspecified atom stereocenters. The van der Waals surface area contributed by atoms with Crippen molar-refractivity contribution in [2.75, 3.05) is 7.11 Å². The monoisotopic (exact) mass is 213 g/mol. The fraction of sp³-hybridized carbons (Fsp3) is 0.0833. The summed E-state index contributed by atoms with van der Waals surface area (Å²) in [5.41, 5.74) is 1.92. The van der Waals surface area contributed by atoms with Crippen LogP contribution in [0.1, 0.15) is 11.1 Å². The SMILES string of the molecule is COc1nnncc1C=Cc1ccccc1. The minimum absolute atomic E-state index is 0.474. The molecule has 0 radical (unpaired) electrons. The summed E-state index contributed by atoms with van der Waals surface area (Å²) in [7, 11) is 1.56. The highest BCUT2D eigenvalue weighted by atomic mass is 16.5. The summed E-state index contributed by atoms with van der Waals surface area (Å²) in [6.07, 6.45) is 5.49. The van der Waals surface area contributed by atoms with Crippen LogP contribution in [-0.4, -0.2) is 22.5 Å². The van der Waals surface area contributed by atoms with Crippen LogP contribution in [0.25, 0.3) is 12.2 Å². The minimum atomic E-state index is 0.474. The van der Waals surface area contributed by atoms with E-state index in [1.54, 1.807) is 13.3 Å². The molecule has 16 heavy (non-hydrogen) atoms. The van der Waals surface area contributed by atoms with Gasteiger partial charge in [0.1, 0.15) is 0 Å². The number of methoxy groups -OCH3 is 1. The van der Waals surface area contributed by atoms with Crippen LogP contribution >= 0.6 is 0 Å². The van der Waals surface area contributed by atoms with Crippen molar-refractivity contribution < 1.29 is 4.74 Å². The Kier molecular flexibility index (Phi) is 3.23. The fourth-order valence-corrected chi connectivity index (χ4v) is 1.29. The van der Waals surface area contributed by atoms with Gasteiger partial charge in [-0.2, -0.15) is 0 Å². The van der Waals surface area contributed by atoms with Crippen molar-refractivity contribution in [3.63, 3.8) is 0 Å². The van der Waals surface area contributed by atoms with E-state index in [1.807, 2.05) is 42.5 Å². The van der Waals surface area contributed by atoms with Crippen LogP contribution in [0.5, 0.6) is 5.88 Å². The molecule has 0 atom stereocenters. The summed E-state index contributed by atoms with van der Waals surface area (Å²) in [4.78, 5) is 0. The van der Waals surface area contributed by atoms with Crippen LogP contribution in [0.3, 0.4) is 0 Å². The molecule has 1 aromatic carbocycles. The van der Waals surface area contributed by atoms with Gasteiger partial charge in [0.05, 0.1) is 18.9 Å². The molecule has 2 rings (SSSR count). The molecule has 0 N–H and O–H groups in total. The van der Waals surface area contributed by atoms with Crippen LogP contribution in [0.2, 0.25) is 0 Å². The first-order valence-corrected chi connectivity index (χ1v) is 4.85. The van der Waals surface area contributed by atoms with Crippen LogP contribution in [0.15, 0.2) is 36.5 Å². The highest BCUT2D eigenvalue weighted by molar-refractivity contribution is 5.70. The summed E-state index contributed by atoms with van der Waals surface area (Å²) in [5, 5.41) is 11.0. The van der Waals surface area contributed by atoms with Gasteiger partial charge in [-0.25, -0.2) is 0 Å². The second kappa shape index (κ2) is 5.02. The van der Waals surface area contributed by atoms with E-state index in [1.165, 1.54) is 0 Å². The molecule has 0 spiro atoms. The molecule has 0 aliphatic heterocycles. The molecule has 80 valence electrons. The lowest BCUT2D eigenvalue weighted by atomic mass is 10.2. The number of nitrogens with zero attached hydrogens (tertiary/aromatic N) is 3. The van der Waals surface area contributed by atoms with E-state index in [2.05, 4.69) is 15.4 Å². The van der Waals surface area contributed by atoms with Gasteiger partial charge in [-0.05, 0) is 16.9 Å². The maximum atomic E-state index is 5.07. The second-order valence-corrected chi connectivity index (χ2v) is 3.14. The zero-order valence-electron chi connectivity index (χ0n) is 8.87. The number of benzene rings is 1. The first kappa shape index (κ1) is 10.3. The third-order valence-corrected chi connectivity index (χ3v) is 2.08. The third kappa shape index (κ3) is 2.42. The van der Waals surface area contributed by atoms with E-state index in [4.69, 9.17) is 4.74 Å². The maximum absolute atomic E-state index is 5.07. The van der Waals surface area contributed by atoms with Crippen molar-refractivity contribution in [1.29, 1.82) is 0 Å². The molecular formula is C12H11N3O. The van der Waals surface area contributed by atoms with Crippen LogP contribution < -0.4 is 4.74 Å². The summed E-state index contributed by atoms with van der Waals surface area (Å²) < 4.78 is 5.07. The van der Waals surface area contributed by atoms with E-state index in [9.17, 15) is 0 Å².